The van der Waals surface area contributed by atoms with Gasteiger partial charge in [-0.3, -0.25) is 4.79 Å². The van der Waals surface area contributed by atoms with Crippen LogP contribution in [0.2, 0.25) is 0 Å². The number of rotatable bonds is 5. The van der Waals surface area contributed by atoms with Gasteiger partial charge in [-0.25, -0.2) is 4.98 Å². The molecule has 1 aliphatic rings. The Morgan fingerprint density at radius 1 is 1.11 bits per heavy atom. The number of aromatic nitrogens is 1. The van der Waals surface area contributed by atoms with Crippen molar-refractivity contribution >= 4 is 44.4 Å². The van der Waals surface area contributed by atoms with Gasteiger partial charge in [-0.05, 0) is 43.2 Å². The van der Waals surface area contributed by atoms with Gasteiger partial charge in [0, 0.05) is 43.2 Å². The van der Waals surface area contributed by atoms with Gasteiger partial charge in [0.1, 0.15) is 0 Å². The zero-order valence-corrected chi connectivity index (χ0v) is 18.0. The molecule has 1 aliphatic heterocycles. The first-order valence-electron chi connectivity index (χ1n) is 9.68. The van der Waals surface area contributed by atoms with E-state index in [4.69, 9.17) is 4.98 Å². The van der Waals surface area contributed by atoms with Crippen molar-refractivity contribution in [2.24, 2.45) is 0 Å². The van der Waals surface area contributed by atoms with Crippen molar-refractivity contribution in [1.29, 1.82) is 0 Å². The van der Waals surface area contributed by atoms with Crippen LogP contribution in [0, 0.1) is 13.8 Å². The number of benzene rings is 2. The molecule has 4 rings (SSSR count). The van der Waals surface area contributed by atoms with Crippen LogP contribution in [0.4, 0.5) is 5.13 Å². The second-order valence-electron chi connectivity index (χ2n) is 7.20. The third-order valence-electron chi connectivity index (χ3n) is 5.05. The SMILES string of the molecule is Cc1cc(C)c2nc(N3CCN(C(=O)CCSc4ccccc4)CC3)sc2c1. The fourth-order valence-corrected chi connectivity index (χ4v) is 5.63. The highest BCUT2D eigenvalue weighted by atomic mass is 32.2. The average molecular weight is 412 g/mol. The Morgan fingerprint density at radius 2 is 1.86 bits per heavy atom. The van der Waals surface area contributed by atoms with Crippen molar-refractivity contribution in [3.63, 3.8) is 0 Å². The van der Waals surface area contributed by atoms with E-state index in [9.17, 15) is 4.79 Å². The van der Waals surface area contributed by atoms with Gasteiger partial charge < -0.3 is 9.80 Å². The molecule has 4 nitrogen and oxygen atoms in total. The zero-order valence-electron chi connectivity index (χ0n) is 16.4. The van der Waals surface area contributed by atoms with E-state index in [0.717, 1.165) is 42.6 Å². The van der Waals surface area contributed by atoms with Crippen LogP contribution in [-0.4, -0.2) is 47.7 Å². The summed E-state index contributed by atoms with van der Waals surface area (Å²) in [5, 5.41) is 1.08. The molecule has 1 fully saturated rings. The lowest BCUT2D eigenvalue weighted by Crippen LogP contribution is -2.48. The zero-order chi connectivity index (χ0) is 19.5. The van der Waals surface area contributed by atoms with Crippen molar-refractivity contribution in [1.82, 2.24) is 9.88 Å². The van der Waals surface area contributed by atoms with Crippen molar-refractivity contribution in [3.8, 4) is 0 Å². The lowest BCUT2D eigenvalue weighted by Gasteiger charge is -2.34. The van der Waals surface area contributed by atoms with Crippen LogP contribution in [0.5, 0.6) is 0 Å². The highest BCUT2D eigenvalue weighted by Crippen LogP contribution is 2.32. The largest absolute Gasteiger partial charge is 0.345 e. The molecule has 6 heteroatoms. The van der Waals surface area contributed by atoms with Crippen LogP contribution in [-0.2, 0) is 4.79 Å². The van der Waals surface area contributed by atoms with E-state index < -0.39 is 0 Å². The predicted octanol–water partition coefficient (Wildman–Crippen LogP) is 4.74. The van der Waals surface area contributed by atoms with Crippen LogP contribution in [0.1, 0.15) is 17.5 Å². The maximum absolute atomic E-state index is 12.5. The number of amides is 1. The van der Waals surface area contributed by atoms with Crippen molar-refractivity contribution < 1.29 is 4.79 Å². The van der Waals surface area contributed by atoms with Gasteiger partial charge in [-0.2, -0.15) is 0 Å². The summed E-state index contributed by atoms with van der Waals surface area (Å²) in [6.07, 6.45) is 0.596. The number of piperazine rings is 1. The molecule has 0 N–H and O–H groups in total. The molecule has 2 aromatic carbocycles. The van der Waals surface area contributed by atoms with E-state index in [1.807, 2.05) is 23.1 Å². The highest BCUT2D eigenvalue weighted by molar-refractivity contribution is 7.99. The molecule has 0 saturated carbocycles. The van der Waals surface area contributed by atoms with Crippen LogP contribution in [0.15, 0.2) is 47.4 Å². The van der Waals surface area contributed by atoms with Crippen molar-refractivity contribution in [2.75, 3.05) is 36.8 Å². The summed E-state index contributed by atoms with van der Waals surface area (Å²) in [5.41, 5.74) is 3.63. The minimum absolute atomic E-state index is 0.263. The van der Waals surface area contributed by atoms with Crippen LogP contribution in [0.3, 0.4) is 0 Å². The molecule has 0 aliphatic carbocycles. The minimum atomic E-state index is 0.263. The summed E-state index contributed by atoms with van der Waals surface area (Å²) in [7, 11) is 0. The summed E-state index contributed by atoms with van der Waals surface area (Å²) >= 11 is 3.51. The van der Waals surface area contributed by atoms with E-state index in [-0.39, 0.29) is 5.91 Å². The maximum Gasteiger partial charge on any atom is 0.223 e. The number of hydrogen-bond acceptors (Lipinski definition) is 5. The van der Waals surface area contributed by atoms with E-state index in [2.05, 4.69) is 43.0 Å². The molecule has 0 unspecified atom stereocenters. The topological polar surface area (TPSA) is 36.4 Å². The summed E-state index contributed by atoms with van der Waals surface area (Å²) < 4.78 is 1.25. The molecule has 0 radical (unpaired) electrons. The average Bonchev–Trinajstić information content (AvgIpc) is 3.13. The van der Waals surface area contributed by atoms with Crippen molar-refractivity contribution in [3.05, 3.63) is 53.6 Å². The molecule has 146 valence electrons. The third-order valence-corrected chi connectivity index (χ3v) is 7.13. The Kier molecular flexibility index (Phi) is 5.87. The predicted molar refractivity (Wildman–Crippen MR) is 120 cm³/mol. The summed E-state index contributed by atoms with van der Waals surface area (Å²) in [4.78, 5) is 23.0. The summed E-state index contributed by atoms with van der Waals surface area (Å²) in [6, 6.07) is 14.7. The molecule has 0 spiro atoms. The van der Waals surface area contributed by atoms with E-state index in [1.165, 1.54) is 20.7 Å². The molecule has 28 heavy (non-hydrogen) atoms. The number of nitrogens with zero attached hydrogens (tertiary/aromatic N) is 3. The first-order valence-corrected chi connectivity index (χ1v) is 11.5. The Labute approximate surface area is 174 Å². The monoisotopic (exact) mass is 411 g/mol. The lowest BCUT2D eigenvalue weighted by atomic mass is 10.1. The normalized spacial score (nSPS) is 14.6. The minimum Gasteiger partial charge on any atom is -0.345 e. The molecule has 1 aromatic heterocycles. The Morgan fingerprint density at radius 3 is 2.61 bits per heavy atom. The fraction of sp³-hybridized carbons (Fsp3) is 0.364. The van der Waals surface area contributed by atoms with E-state index in [1.54, 1.807) is 23.1 Å². The Balaban J connectivity index is 1.30. The van der Waals surface area contributed by atoms with Crippen LogP contribution < -0.4 is 4.90 Å². The second kappa shape index (κ2) is 8.53. The number of thiazole rings is 1. The Hall–Kier alpha value is -2.05. The maximum atomic E-state index is 12.5. The number of anilines is 1. The molecule has 1 saturated heterocycles. The summed E-state index contributed by atoms with van der Waals surface area (Å²) in [6.45, 7) is 7.53. The molecular formula is C22H25N3OS2. The molecule has 1 amide bonds. The first-order chi connectivity index (χ1) is 13.6. The number of carbonyl (C=O) groups excluding carboxylic acids is 1. The number of fused-ring (bicyclic) bond motifs is 1. The van der Waals surface area contributed by atoms with Crippen molar-refractivity contribution in [2.45, 2.75) is 25.2 Å². The van der Waals surface area contributed by atoms with Gasteiger partial charge in [-0.15, -0.1) is 11.8 Å². The van der Waals surface area contributed by atoms with Gasteiger partial charge in [0.15, 0.2) is 5.13 Å². The van der Waals surface area contributed by atoms with E-state index >= 15 is 0 Å². The fourth-order valence-electron chi connectivity index (χ4n) is 3.57. The molecule has 0 bridgehead atoms. The Bertz CT molecular complexity index is 963. The lowest BCUT2D eigenvalue weighted by molar-refractivity contribution is -0.131. The van der Waals surface area contributed by atoms with E-state index in [0.29, 0.717) is 6.42 Å². The van der Waals surface area contributed by atoms with Crippen LogP contribution in [0.25, 0.3) is 10.2 Å². The molecule has 3 aromatic rings. The standard InChI is InChI=1S/C22H25N3OS2/c1-16-14-17(2)21-19(15-16)28-22(23-21)25-11-9-24(10-12-25)20(26)8-13-27-18-6-4-3-5-7-18/h3-7,14-15H,8-13H2,1-2H3. The van der Waals surface area contributed by atoms with Gasteiger partial charge in [0.25, 0.3) is 0 Å². The number of aryl methyl sites for hydroxylation is 2. The van der Waals surface area contributed by atoms with Gasteiger partial charge in [-0.1, -0.05) is 35.6 Å². The molecule has 0 atom stereocenters. The number of hydrogen-bond donors (Lipinski definition) is 0. The number of thioether (sulfide) groups is 1. The van der Waals surface area contributed by atoms with Gasteiger partial charge >= 0.3 is 0 Å². The molecular weight excluding hydrogens is 386 g/mol. The van der Waals surface area contributed by atoms with Gasteiger partial charge in [0.05, 0.1) is 10.2 Å². The van der Waals surface area contributed by atoms with Gasteiger partial charge in [0.2, 0.25) is 5.91 Å². The molecule has 2 heterocycles. The first kappa shape index (κ1) is 19.3. The smallest absolute Gasteiger partial charge is 0.223 e. The van der Waals surface area contributed by atoms with Crippen LogP contribution >= 0.6 is 23.1 Å². The highest BCUT2D eigenvalue weighted by Gasteiger charge is 2.23. The number of carbonyl (C=O) groups is 1. The quantitative estimate of drug-likeness (QED) is 0.568. The third kappa shape index (κ3) is 4.33. The summed E-state index contributed by atoms with van der Waals surface area (Å²) in [5.74, 6) is 1.10. The second-order valence-corrected chi connectivity index (χ2v) is 9.38.